The van der Waals surface area contributed by atoms with Crippen LogP contribution < -0.4 is 5.32 Å². The molecule has 6 heteroatoms. The number of hydrogen-bond acceptors (Lipinski definition) is 4. The average molecular weight is 329 g/mol. The van der Waals surface area contributed by atoms with Crippen molar-refractivity contribution in [2.75, 3.05) is 19.6 Å². The predicted octanol–water partition coefficient (Wildman–Crippen LogP) is 2.92. The van der Waals surface area contributed by atoms with E-state index in [1.165, 1.54) is 15.6 Å². The highest BCUT2D eigenvalue weighted by Gasteiger charge is 2.28. The minimum Gasteiger partial charge on any atom is -0.312 e. The van der Waals surface area contributed by atoms with Gasteiger partial charge in [0.1, 0.15) is 4.90 Å². The highest BCUT2D eigenvalue weighted by atomic mass is 32.2. The third kappa shape index (κ3) is 4.51. The van der Waals surface area contributed by atoms with Gasteiger partial charge in [0.15, 0.2) is 0 Å². The van der Waals surface area contributed by atoms with Crippen LogP contribution >= 0.6 is 11.3 Å². The van der Waals surface area contributed by atoms with Crippen LogP contribution in [0, 0.1) is 6.92 Å². The molecule has 0 atom stereocenters. The molecule has 0 aliphatic carbocycles. The van der Waals surface area contributed by atoms with Crippen molar-refractivity contribution in [2.45, 2.75) is 31.7 Å². The largest absolute Gasteiger partial charge is 0.312 e. The third-order valence-corrected chi connectivity index (χ3v) is 6.26. The monoisotopic (exact) mass is 328 g/mol. The van der Waals surface area contributed by atoms with Gasteiger partial charge < -0.3 is 5.32 Å². The number of nitrogens with one attached hydrogen (secondary N) is 1. The summed E-state index contributed by atoms with van der Waals surface area (Å²) < 4.78 is 27.1. The summed E-state index contributed by atoms with van der Waals surface area (Å²) in [5.74, 6) is 0. The molecule has 0 saturated heterocycles. The maximum absolute atomic E-state index is 12.9. The summed E-state index contributed by atoms with van der Waals surface area (Å²) in [6, 6.07) is 0. The highest BCUT2D eigenvalue weighted by molar-refractivity contribution is 7.89. The van der Waals surface area contributed by atoms with Crippen LogP contribution in [-0.4, -0.2) is 32.4 Å². The van der Waals surface area contributed by atoms with E-state index in [1.54, 1.807) is 12.2 Å². The van der Waals surface area contributed by atoms with E-state index in [-0.39, 0.29) is 13.1 Å². The Bertz CT molecular complexity index is 566. The summed E-state index contributed by atoms with van der Waals surface area (Å²) in [6.07, 6.45) is 4.21. The van der Waals surface area contributed by atoms with Gasteiger partial charge in [0.2, 0.25) is 10.0 Å². The molecular weight excluding hydrogens is 304 g/mol. The van der Waals surface area contributed by atoms with Gasteiger partial charge in [-0.05, 0) is 30.8 Å². The van der Waals surface area contributed by atoms with E-state index >= 15 is 0 Å². The van der Waals surface area contributed by atoms with Crippen molar-refractivity contribution >= 4 is 21.4 Å². The molecule has 0 spiro atoms. The van der Waals surface area contributed by atoms with Crippen LogP contribution in [0.3, 0.4) is 0 Å². The molecule has 1 heterocycles. The van der Waals surface area contributed by atoms with Crippen LogP contribution in [0.4, 0.5) is 0 Å². The van der Waals surface area contributed by atoms with Crippen LogP contribution in [0.2, 0.25) is 0 Å². The Hall–Kier alpha value is -0.950. The number of hydrogen-bond donors (Lipinski definition) is 1. The fraction of sp³-hybridized carbons (Fsp3) is 0.467. The van der Waals surface area contributed by atoms with Crippen molar-refractivity contribution in [1.82, 2.24) is 9.62 Å². The van der Waals surface area contributed by atoms with Crippen LogP contribution in [-0.2, 0) is 16.6 Å². The average Bonchev–Trinajstić information content (AvgIpc) is 2.80. The zero-order valence-corrected chi connectivity index (χ0v) is 14.4. The molecule has 0 aromatic carbocycles. The van der Waals surface area contributed by atoms with Gasteiger partial charge in [-0.25, -0.2) is 8.42 Å². The molecule has 0 aliphatic heterocycles. The van der Waals surface area contributed by atoms with E-state index in [9.17, 15) is 8.42 Å². The standard InChI is InChI=1S/C15H24N2O2S2/c1-5-8-16-11-14-15(13(4)12-20-14)21(18,19)17(9-6-2)10-7-3/h6-7,12,16H,2-3,5,8-11H2,1,4H3. The maximum Gasteiger partial charge on any atom is 0.245 e. The van der Waals surface area contributed by atoms with E-state index in [0.717, 1.165) is 23.4 Å². The second kappa shape index (κ2) is 8.48. The summed E-state index contributed by atoms with van der Waals surface area (Å²) >= 11 is 1.49. The maximum atomic E-state index is 12.9. The number of rotatable bonds is 10. The smallest absolute Gasteiger partial charge is 0.245 e. The zero-order valence-electron chi connectivity index (χ0n) is 12.8. The Morgan fingerprint density at radius 1 is 1.33 bits per heavy atom. The SMILES string of the molecule is C=CCN(CC=C)S(=O)(=O)c1c(C)csc1CNCCC. The summed E-state index contributed by atoms with van der Waals surface area (Å²) in [5, 5.41) is 5.17. The predicted molar refractivity (Wildman–Crippen MR) is 90.2 cm³/mol. The van der Waals surface area contributed by atoms with Gasteiger partial charge >= 0.3 is 0 Å². The first kappa shape index (κ1) is 18.1. The van der Waals surface area contributed by atoms with E-state index in [2.05, 4.69) is 25.4 Å². The van der Waals surface area contributed by atoms with E-state index in [0.29, 0.717) is 11.4 Å². The normalized spacial score (nSPS) is 11.8. The van der Waals surface area contributed by atoms with Gasteiger partial charge in [-0.2, -0.15) is 4.31 Å². The molecule has 1 rings (SSSR count). The molecule has 0 radical (unpaired) electrons. The van der Waals surface area contributed by atoms with Crippen LogP contribution in [0.1, 0.15) is 23.8 Å². The number of sulfonamides is 1. The number of thiophene rings is 1. The van der Waals surface area contributed by atoms with Gasteiger partial charge in [-0.1, -0.05) is 19.1 Å². The fourth-order valence-electron chi connectivity index (χ4n) is 2.02. The van der Waals surface area contributed by atoms with E-state index in [4.69, 9.17) is 0 Å². The number of aryl methyl sites for hydroxylation is 1. The Morgan fingerprint density at radius 2 is 1.95 bits per heavy atom. The molecule has 0 unspecified atom stereocenters. The second-order valence-electron chi connectivity index (χ2n) is 4.75. The Labute approximate surface area is 132 Å². The van der Waals surface area contributed by atoms with Crippen molar-refractivity contribution in [3.8, 4) is 0 Å². The van der Waals surface area contributed by atoms with E-state index in [1.807, 2.05) is 12.3 Å². The Morgan fingerprint density at radius 3 is 2.48 bits per heavy atom. The molecule has 1 aromatic rings. The van der Waals surface area contributed by atoms with Gasteiger partial charge in [0.25, 0.3) is 0 Å². The lowest BCUT2D eigenvalue weighted by molar-refractivity contribution is 0.473. The molecule has 1 N–H and O–H groups in total. The molecule has 4 nitrogen and oxygen atoms in total. The van der Waals surface area contributed by atoms with Gasteiger partial charge in [-0.15, -0.1) is 24.5 Å². The summed E-state index contributed by atoms with van der Waals surface area (Å²) in [6.45, 7) is 13.2. The topological polar surface area (TPSA) is 49.4 Å². The molecule has 0 fully saturated rings. The Balaban J connectivity index is 3.13. The van der Waals surface area contributed by atoms with Crippen molar-refractivity contribution in [2.24, 2.45) is 0 Å². The molecule has 0 bridgehead atoms. The lowest BCUT2D eigenvalue weighted by atomic mass is 10.3. The summed E-state index contributed by atoms with van der Waals surface area (Å²) in [4.78, 5) is 1.29. The lowest BCUT2D eigenvalue weighted by Gasteiger charge is -2.20. The van der Waals surface area contributed by atoms with Crippen molar-refractivity contribution in [1.29, 1.82) is 0 Å². The Kier molecular flexibility index (Phi) is 7.31. The molecular formula is C15H24N2O2S2. The van der Waals surface area contributed by atoms with Crippen molar-refractivity contribution in [3.05, 3.63) is 41.1 Å². The zero-order chi connectivity index (χ0) is 15.9. The van der Waals surface area contributed by atoms with Gasteiger partial charge in [0, 0.05) is 24.5 Å². The molecule has 0 amide bonds. The van der Waals surface area contributed by atoms with Crippen LogP contribution in [0.15, 0.2) is 35.6 Å². The lowest BCUT2D eigenvalue weighted by Crippen LogP contribution is -2.32. The molecule has 118 valence electrons. The quantitative estimate of drug-likeness (QED) is 0.531. The molecule has 0 aliphatic rings. The van der Waals surface area contributed by atoms with Crippen LogP contribution in [0.5, 0.6) is 0 Å². The van der Waals surface area contributed by atoms with Gasteiger partial charge in [-0.3, -0.25) is 0 Å². The first-order chi connectivity index (χ1) is 9.98. The minimum absolute atomic E-state index is 0.283. The fourth-order valence-corrected chi connectivity index (χ4v) is 5.13. The second-order valence-corrected chi connectivity index (χ2v) is 7.59. The molecule has 0 saturated carbocycles. The molecule has 21 heavy (non-hydrogen) atoms. The van der Waals surface area contributed by atoms with Crippen molar-refractivity contribution in [3.63, 3.8) is 0 Å². The first-order valence-corrected chi connectivity index (χ1v) is 9.30. The van der Waals surface area contributed by atoms with E-state index < -0.39 is 10.0 Å². The van der Waals surface area contributed by atoms with Gasteiger partial charge in [0.05, 0.1) is 0 Å². The molecule has 1 aromatic heterocycles. The van der Waals surface area contributed by atoms with Crippen LogP contribution in [0.25, 0.3) is 0 Å². The minimum atomic E-state index is -3.52. The number of nitrogens with zero attached hydrogens (tertiary/aromatic N) is 1. The summed E-state index contributed by atoms with van der Waals surface area (Å²) in [7, 11) is -3.52. The first-order valence-electron chi connectivity index (χ1n) is 6.98. The van der Waals surface area contributed by atoms with Crippen molar-refractivity contribution < 1.29 is 8.42 Å². The third-order valence-electron chi connectivity index (χ3n) is 2.97. The highest BCUT2D eigenvalue weighted by Crippen LogP contribution is 2.29. The summed E-state index contributed by atoms with van der Waals surface area (Å²) in [5.41, 5.74) is 0.798.